The lowest BCUT2D eigenvalue weighted by Crippen LogP contribution is -2.52. The molecule has 0 bridgehead atoms. The number of rotatable bonds is 4. The molecule has 10 nitrogen and oxygen atoms in total. The number of aryl methyl sites for hydroxylation is 1. The van der Waals surface area contributed by atoms with Crippen LogP contribution < -0.4 is 0 Å². The van der Waals surface area contributed by atoms with E-state index in [2.05, 4.69) is 37.4 Å². The molecule has 2 aromatic heterocycles. The molecule has 28 heavy (non-hydrogen) atoms. The molecule has 2 aliphatic rings. The Labute approximate surface area is 164 Å². The molecule has 0 radical (unpaired) electrons. The number of aromatic amines is 1. The van der Waals surface area contributed by atoms with Gasteiger partial charge in [0.15, 0.2) is 5.69 Å². The number of nitrogens with one attached hydrogen (secondary N) is 1. The van der Waals surface area contributed by atoms with Crippen LogP contribution in [0.15, 0.2) is 18.6 Å². The number of likely N-dealkylation sites (N-methyl/N-ethyl adjacent to an activating group) is 1. The maximum atomic E-state index is 13.1. The second-order valence-electron chi connectivity index (χ2n) is 7.61. The van der Waals surface area contributed by atoms with Gasteiger partial charge in [-0.2, -0.15) is 20.5 Å². The predicted octanol–water partition coefficient (Wildman–Crippen LogP) is -0.242. The second-order valence-corrected chi connectivity index (χ2v) is 7.61. The Morgan fingerprint density at radius 1 is 1.21 bits per heavy atom. The van der Waals surface area contributed by atoms with E-state index in [4.69, 9.17) is 4.74 Å². The first-order valence-corrected chi connectivity index (χ1v) is 9.79. The zero-order valence-corrected chi connectivity index (χ0v) is 16.5. The summed E-state index contributed by atoms with van der Waals surface area (Å²) in [7, 11) is 4.05. The lowest BCUT2D eigenvalue weighted by atomic mass is 9.99. The molecule has 4 rings (SSSR count). The maximum absolute atomic E-state index is 13.1. The highest BCUT2D eigenvalue weighted by Gasteiger charge is 2.39. The molecule has 4 heterocycles. The van der Waals surface area contributed by atoms with E-state index >= 15 is 0 Å². The summed E-state index contributed by atoms with van der Waals surface area (Å²) in [5, 5.41) is 14.6. The van der Waals surface area contributed by atoms with Crippen LogP contribution in [0.2, 0.25) is 0 Å². The first kappa shape index (κ1) is 19.0. The Bertz CT molecular complexity index is 776. The van der Waals surface area contributed by atoms with Crippen LogP contribution in [-0.4, -0.2) is 105 Å². The van der Waals surface area contributed by atoms with Crippen LogP contribution in [0.3, 0.4) is 0 Å². The highest BCUT2D eigenvalue weighted by molar-refractivity contribution is 5.92. The van der Waals surface area contributed by atoms with Gasteiger partial charge in [-0.15, -0.1) is 0 Å². The second kappa shape index (κ2) is 8.38. The Morgan fingerprint density at radius 3 is 2.86 bits per heavy atom. The Morgan fingerprint density at radius 2 is 2.11 bits per heavy atom. The summed E-state index contributed by atoms with van der Waals surface area (Å²) in [5.41, 5.74) is 1.31. The van der Waals surface area contributed by atoms with Crippen molar-refractivity contribution in [2.24, 2.45) is 7.05 Å². The van der Waals surface area contributed by atoms with E-state index in [-0.39, 0.29) is 18.1 Å². The minimum atomic E-state index is -0.201. The van der Waals surface area contributed by atoms with Gasteiger partial charge in [0.1, 0.15) is 0 Å². The number of hydrogen-bond donors (Lipinski definition) is 1. The molecular formula is C18H28N8O2. The fraction of sp³-hybridized carbons (Fsp3) is 0.667. The van der Waals surface area contributed by atoms with Crippen molar-refractivity contribution < 1.29 is 9.53 Å². The molecule has 2 fully saturated rings. The molecule has 0 aromatic carbocycles. The van der Waals surface area contributed by atoms with Crippen molar-refractivity contribution in [2.45, 2.75) is 18.6 Å². The lowest BCUT2D eigenvalue weighted by Gasteiger charge is -2.42. The highest BCUT2D eigenvalue weighted by atomic mass is 16.5. The van der Waals surface area contributed by atoms with Gasteiger partial charge >= 0.3 is 0 Å². The van der Waals surface area contributed by atoms with Crippen molar-refractivity contribution in [3.05, 3.63) is 29.8 Å². The van der Waals surface area contributed by atoms with E-state index in [0.29, 0.717) is 18.8 Å². The van der Waals surface area contributed by atoms with E-state index in [1.165, 1.54) is 6.20 Å². The van der Waals surface area contributed by atoms with Crippen molar-refractivity contribution in [3.8, 4) is 0 Å². The summed E-state index contributed by atoms with van der Waals surface area (Å²) in [5.74, 6) is -0.133. The van der Waals surface area contributed by atoms with Crippen LogP contribution in [0.4, 0.5) is 0 Å². The highest BCUT2D eigenvalue weighted by Crippen LogP contribution is 2.31. The summed E-state index contributed by atoms with van der Waals surface area (Å²) in [6.07, 6.45) is 6.29. The summed E-state index contributed by atoms with van der Waals surface area (Å²) in [4.78, 5) is 19.7. The molecule has 2 saturated heterocycles. The summed E-state index contributed by atoms with van der Waals surface area (Å²) >= 11 is 0. The van der Waals surface area contributed by atoms with Crippen LogP contribution >= 0.6 is 0 Å². The van der Waals surface area contributed by atoms with Crippen molar-refractivity contribution >= 4 is 5.91 Å². The largest absolute Gasteiger partial charge is 0.373 e. The molecule has 2 aromatic rings. The minimum absolute atomic E-state index is 0.114. The maximum Gasteiger partial charge on any atom is 0.276 e. The van der Waals surface area contributed by atoms with Gasteiger partial charge in [-0.3, -0.25) is 14.4 Å². The number of hydrogen-bond acceptors (Lipinski definition) is 7. The molecule has 1 N–H and O–H groups in total. The molecule has 0 spiro atoms. The normalized spacial score (nSPS) is 25.0. The summed E-state index contributed by atoms with van der Waals surface area (Å²) < 4.78 is 7.96. The zero-order chi connectivity index (χ0) is 19.5. The number of nitrogens with zero attached hydrogens (tertiary/aromatic N) is 7. The summed E-state index contributed by atoms with van der Waals surface area (Å²) in [6.45, 7) is 6.03. The van der Waals surface area contributed by atoms with Crippen molar-refractivity contribution in [1.29, 1.82) is 0 Å². The third-order valence-corrected chi connectivity index (χ3v) is 5.56. The Hall–Kier alpha value is -2.30. The Kier molecular flexibility index (Phi) is 5.69. The van der Waals surface area contributed by atoms with Gasteiger partial charge in [-0.1, -0.05) is 0 Å². The predicted molar refractivity (Wildman–Crippen MR) is 102 cm³/mol. The molecule has 0 unspecified atom stereocenters. The lowest BCUT2D eigenvalue weighted by molar-refractivity contribution is -0.0725. The van der Waals surface area contributed by atoms with Crippen molar-refractivity contribution in [1.82, 2.24) is 39.9 Å². The van der Waals surface area contributed by atoms with E-state index in [1.54, 1.807) is 4.68 Å². The van der Waals surface area contributed by atoms with Crippen LogP contribution in [0.5, 0.6) is 0 Å². The number of H-pyrrole nitrogens is 1. The molecule has 152 valence electrons. The average Bonchev–Trinajstić information content (AvgIpc) is 3.33. The number of amides is 1. The van der Waals surface area contributed by atoms with E-state index in [9.17, 15) is 4.79 Å². The Balaban J connectivity index is 1.57. The monoisotopic (exact) mass is 388 g/mol. The number of morpholine rings is 1. The van der Waals surface area contributed by atoms with Gasteiger partial charge in [-0.05, 0) is 26.6 Å². The fourth-order valence-electron chi connectivity index (χ4n) is 4.09. The minimum Gasteiger partial charge on any atom is -0.373 e. The standard InChI is InChI=1S/C18H28N8O2/c1-23-4-3-5-25(7-6-23)13-16-17(14-10-20-24(2)12-14)26(8-9-28-16)18(27)15-11-19-22-21-15/h10-12,16-17H,3-9,13H2,1-2H3,(H,19,21,22)/t16-,17-/m0/s1. The van der Waals surface area contributed by atoms with Crippen molar-refractivity contribution in [2.75, 3.05) is 52.9 Å². The van der Waals surface area contributed by atoms with Crippen LogP contribution in [0.25, 0.3) is 0 Å². The molecule has 1 amide bonds. The number of ether oxygens (including phenoxy) is 1. The van der Waals surface area contributed by atoms with Crippen molar-refractivity contribution in [3.63, 3.8) is 0 Å². The average molecular weight is 388 g/mol. The fourth-order valence-corrected chi connectivity index (χ4v) is 4.09. The number of carbonyl (C=O) groups excluding carboxylic acids is 1. The van der Waals surface area contributed by atoms with Gasteiger partial charge in [0.2, 0.25) is 0 Å². The molecule has 2 aliphatic heterocycles. The SMILES string of the molecule is CN1CCCN(C[C@@H]2OCCN(C(=O)c3cn[nH]n3)[C@H]2c2cnn(C)c2)CC1. The van der Waals surface area contributed by atoms with Crippen LogP contribution in [0, 0.1) is 0 Å². The first-order valence-electron chi connectivity index (χ1n) is 9.79. The quantitative estimate of drug-likeness (QED) is 0.772. The van der Waals surface area contributed by atoms with E-state index in [1.807, 2.05) is 24.3 Å². The van der Waals surface area contributed by atoms with Gasteiger partial charge in [-0.25, -0.2) is 0 Å². The molecule has 2 atom stereocenters. The van der Waals surface area contributed by atoms with E-state index in [0.717, 1.165) is 44.7 Å². The molecular weight excluding hydrogens is 360 g/mol. The topological polar surface area (TPSA) is 95.4 Å². The molecule has 0 aliphatic carbocycles. The summed E-state index contributed by atoms with van der Waals surface area (Å²) in [6, 6.07) is -0.201. The van der Waals surface area contributed by atoms with Crippen LogP contribution in [0.1, 0.15) is 28.5 Å². The van der Waals surface area contributed by atoms with Gasteiger partial charge < -0.3 is 14.5 Å². The third kappa shape index (κ3) is 4.08. The number of carbonyl (C=O) groups is 1. The smallest absolute Gasteiger partial charge is 0.276 e. The third-order valence-electron chi connectivity index (χ3n) is 5.56. The van der Waals surface area contributed by atoms with Gasteiger partial charge in [0.25, 0.3) is 5.91 Å². The van der Waals surface area contributed by atoms with Gasteiger partial charge in [0, 0.05) is 45.0 Å². The van der Waals surface area contributed by atoms with Gasteiger partial charge in [0.05, 0.1) is 31.1 Å². The van der Waals surface area contributed by atoms with Crippen LogP contribution in [-0.2, 0) is 11.8 Å². The molecule has 0 saturated carbocycles. The van der Waals surface area contributed by atoms with E-state index < -0.39 is 0 Å². The first-order chi connectivity index (χ1) is 13.6. The number of aromatic nitrogens is 5. The molecule has 10 heteroatoms. The zero-order valence-electron chi connectivity index (χ0n) is 16.5.